The molecule has 0 spiro atoms. The third-order valence-electron chi connectivity index (χ3n) is 5.83. The Hall–Kier alpha value is -2.45. The molecule has 1 N–H and O–H groups in total. The van der Waals surface area contributed by atoms with Crippen LogP contribution in [-0.4, -0.2) is 69.4 Å². The van der Waals surface area contributed by atoms with E-state index in [0.717, 1.165) is 10.5 Å². The molecule has 0 radical (unpaired) electrons. The Labute approximate surface area is 163 Å². The van der Waals surface area contributed by atoms with Gasteiger partial charge in [-0.3, -0.25) is 14.5 Å². The van der Waals surface area contributed by atoms with Crippen molar-refractivity contribution in [2.75, 3.05) is 13.2 Å². The maximum Gasteiger partial charge on any atom is 0.348 e. The molecule has 4 unspecified atom stereocenters. The van der Waals surface area contributed by atoms with E-state index in [2.05, 4.69) is 0 Å². The zero-order chi connectivity index (χ0) is 20.1. The lowest BCUT2D eigenvalue weighted by atomic mass is 9.96. The highest BCUT2D eigenvalue weighted by atomic mass is 16.7. The van der Waals surface area contributed by atoms with Gasteiger partial charge in [-0.05, 0) is 32.3 Å². The molecular weight excluding hydrogens is 364 g/mol. The molecule has 8 heteroatoms. The Morgan fingerprint density at radius 3 is 2.71 bits per heavy atom. The molecule has 4 atom stereocenters. The summed E-state index contributed by atoms with van der Waals surface area (Å²) in [5.41, 5.74) is -1.14. The first-order valence-corrected chi connectivity index (χ1v) is 9.61. The number of hydrogen-bond acceptors (Lipinski definition) is 6. The van der Waals surface area contributed by atoms with Crippen LogP contribution in [0.15, 0.2) is 30.3 Å². The van der Waals surface area contributed by atoms with E-state index in [4.69, 9.17) is 9.47 Å². The van der Waals surface area contributed by atoms with Gasteiger partial charge in [0.25, 0.3) is 11.8 Å². The number of nitrogens with zero attached hydrogens (tertiary/aromatic N) is 2. The van der Waals surface area contributed by atoms with Gasteiger partial charge in [-0.15, -0.1) is 0 Å². The Balaban J connectivity index is 1.77. The minimum atomic E-state index is -2.05. The summed E-state index contributed by atoms with van der Waals surface area (Å²) in [5.74, 6) is -3.89. The summed E-state index contributed by atoms with van der Waals surface area (Å²) in [4.78, 5) is 41.6. The van der Waals surface area contributed by atoms with Crippen LogP contribution in [0.1, 0.15) is 32.3 Å². The highest BCUT2D eigenvalue weighted by Crippen LogP contribution is 2.46. The van der Waals surface area contributed by atoms with Gasteiger partial charge in [0.15, 0.2) is 0 Å². The van der Waals surface area contributed by atoms with Gasteiger partial charge in [-0.1, -0.05) is 30.3 Å². The minimum absolute atomic E-state index is 0.0748. The lowest BCUT2D eigenvalue weighted by Gasteiger charge is -2.48. The van der Waals surface area contributed by atoms with Gasteiger partial charge in [0.2, 0.25) is 11.5 Å². The van der Waals surface area contributed by atoms with Crippen LogP contribution in [-0.2, 0) is 30.3 Å². The first-order chi connectivity index (χ1) is 13.3. The van der Waals surface area contributed by atoms with Crippen LogP contribution in [0.5, 0.6) is 0 Å². The van der Waals surface area contributed by atoms with Crippen molar-refractivity contribution in [3.05, 3.63) is 35.9 Å². The van der Waals surface area contributed by atoms with Crippen LogP contribution < -0.4 is 0 Å². The van der Waals surface area contributed by atoms with E-state index in [1.807, 2.05) is 30.3 Å². The number of carbonyl (C=O) groups is 3. The van der Waals surface area contributed by atoms with Gasteiger partial charge in [0, 0.05) is 13.0 Å². The lowest BCUT2D eigenvalue weighted by molar-refractivity contribution is -0.311. The smallest absolute Gasteiger partial charge is 0.348 e. The minimum Gasteiger partial charge on any atom is -0.463 e. The summed E-state index contributed by atoms with van der Waals surface area (Å²) in [6.07, 6.45) is 1.40. The van der Waals surface area contributed by atoms with E-state index in [1.54, 1.807) is 11.8 Å². The highest BCUT2D eigenvalue weighted by Gasteiger charge is 2.71. The molecule has 3 aliphatic heterocycles. The number of rotatable bonds is 4. The molecule has 8 nitrogen and oxygen atoms in total. The molecule has 1 aromatic carbocycles. The molecule has 1 aromatic rings. The van der Waals surface area contributed by atoms with Crippen molar-refractivity contribution in [2.45, 2.75) is 56.7 Å². The van der Waals surface area contributed by atoms with Crippen molar-refractivity contribution >= 4 is 17.8 Å². The molecule has 28 heavy (non-hydrogen) atoms. The topological polar surface area (TPSA) is 96.4 Å². The third-order valence-corrected chi connectivity index (χ3v) is 5.83. The molecule has 3 aliphatic rings. The van der Waals surface area contributed by atoms with Gasteiger partial charge in [-0.25, -0.2) is 4.79 Å². The Morgan fingerprint density at radius 1 is 1.32 bits per heavy atom. The predicted octanol–water partition coefficient (Wildman–Crippen LogP) is 0.429. The van der Waals surface area contributed by atoms with Crippen LogP contribution in [0, 0.1) is 0 Å². The molecule has 0 aromatic heterocycles. The number of fused-ring (bicyclic) bond motifs is 3. The van der Waals surface area contributed by atoms with E-state index < -0.39 is 35.5 Å². The Bertz CT molecular complexity index is 814. The van der Waals surface area contributed by atoms with E-state index in [0.29, 0.717) is 19.4 Å². The maximum atomic E-state index is 13.3. The van der Waals surface area contributed by atoms with Crippen molar-refractivity contribution in [3.63, 3.8) is 0 Å². The molecule has 3 heterocycles. The van der Waals surface area contributed by atoms with Crippen LogP contribution >= 0.6 is 0 Å². The van der Waals surface area contributed by atoms with Crippen molar-refractivity contribution < 1.29 is 29.0 Å². The number of piperazine rings is 1. The Kier molecular flexibility index (Phi) is 4.43. The number of esters is 1. The number of ether oxygens (including phenoxy) is 2. The number of carbonyl (C=O) groups excluding carboxylic acids is 3. The quantitative estimate of drug-likeness (QED) is 0.594. The molecule has 2 amide bonds. The van der Waals surface area contributed by atoms with Crippen LogP contribution in [0.3, 0.4) is 0 Å². The second kappa shape index (κ2) is 6.56. The van der Waals surface area contributed by atoms with Gasteiger partial charge in [0.05, 0.1) is 6.61 Å². The fraction of sp³-hybridized carbons (Fsp3) is 0.550. The summed E-state index contributed by atoms with van der Waals surface area (Å²) in [7, 11) is 0. The number of hydrogen-bond donors (Lipinski definition) is 1. The SMILES string of the molecule is CCOC(=O)C1(C)OC2(O)C3CCCN3C(=O)C(Cc3ccccc3)N2C1=O. The van der Waals surface area contributed by atoms with E-state index in [-0.39, 0.29) is 18.9 Å². The van der Waals surface area contributed by atoms with Crippen molar-refractivity contribution in [2.24, 2.45) is 0 Å². The molecule has 0 saturated carbocycles. The normalized spacial score (nSPS) is 34.4. The fourth-order valence-electron chi connectivity index (χ4n) is 4.50. The van der Waals surface area contributed by atoms with Crippen LogP contribution in [0.2, 0.25) is 0 Å². The zero-order valence-electron chi connectivity index (χ0n) is 16.0. The lowest BCUT2D eigenvalue weighted by Crippen LogP contribution is -2.71. The predicted molar refractivity (Wildman–Crippen MR) is 96.6 cm³/mol. The van der Waals surface area contributed by atoms with Crippen molar-refractivity contribution in [1.82, 2.24) is 9.80 Å². The first-order valence-electron chi connectivity index (χ1n) is 9.61. The number of aliphatic hydroxyl groups is 1. The second-order valence-corrected chi connectivity index (χ2v) is 7.58. The van der Waals surface area contributed by atoms with Crippen LogP contribution in [0.4, 0.5) is 0 Å². The van der Waals surface area contributed by atoms with Gasteiger partial charge in [-0.2, -0.15) is 0 Å². The molecule has 3 fully saturated rings. The molecule has 0 aliphatic carbocycles. The summed E-state index contributed by atoms with van der Waals surface area (Å²) >= 11 is 0. The number of benzene rings is 1. The highest BCUT2D eigenvalue weighted by molar-refractivity contribution is 6.09. The van der Waals surface area contributed by atoms with E-state index >= 15 is 0 Å². The maximum absolute atomic E-state index is 13.3. The Morgan fingerprint density at radius 2 is 2.04 bits per heavy atom. The standard InChI is InChI=1S/C20H24N2O6/c1-3-27-18(25)19(2)17(24)22-14(12-13-8-5-4-6-9-13)16(23)21-11-7-10-15(21)20(22,26)28-19/h4-6,8-9,14-15,26H,3,7,10-12H2,1-2H3. The summed E-state index contributed by atoms with van der Waals surface area (Å²) < 4.78 is 10.8. The van der Waals surface area contributed by atoms with Crippen LogP contribution in [0.25, 0.3) is 0 Å². The average molecular weight is 388 g/mol. The average Bonchev–Trinajstić information content (AvgIpc) is 3.24. The van der Waals surface area contributed by atoms with Gasteiger partial charge in [0.1, 0.15) is 12.1 Å². The molecular formula is C20H24N2O6. The van der Waals surface area contributed by atoms with Gasteiger partial charge < -0.3 is 19.5 Å². The molecule has 150 valence electrons. The molecule has 3 saturated heterocycles. The largest absolute Gasteiger partial charge is 0.463 e. The molecule has 0 bridgehead atoms. The van der Waals surface area contributed by atoms with E-state index in [1.165, 1.54) is 6.92 Å². The third kappa shape index (κ3) is 2.55. The summed E-state index contributed by atoms with van der Waals surface area (Å²) in [6.45, 7) is 3.49. The zero-order valence-corrected chi connectivity index (χ0v) is 16.0. The summed E-state index contributed by atoms with van der Waals surface area (Å²) in [5, 5.41) is 11.5. The first kappa shape index (κ1) is 18.9. The molecule has 4 rings (SSSR count). The fourth-order valence-corrected chi connectivity index (χ4v) is 4.50. The van der Waals surface area contributed by atoms with Gasteiger partial charge >= 0.3 is 5.97 Å². The van der Waals surface area contributed by atoms with E-state index in [9.17, 15) is 19.5 Å². The number of amides is 2. The van der Waals surface area contributed by atoms with Crippen molar-refractivity contribution in [3.8, 4) is 0 Å². The second-order valence-electron chi connectivity index (χ2n) is 7.58. The van der Waals surface area contributed by atoms with Crippen molar-refractivity contribution in [1.29, 1.82) is 0 Å². The summed E-state index contributed by atoms with van der Waals surface area (Å²) in [6, 6.07) is 7.61. The monoisotopic (exact) mass is 388 g/mol.